The van der Waals surface area contributed by atoms with Crippen LogP contribution < -0.4 is 15.4 Å². The van der Waals surface area contributed by atoms with Crippen LogP contribution >= 0.6 is 11.8 Å². The van der Waals surface area contributed by atoms with Crippen LogP contribution in [0.4, 0.5) is 0 Å². The van der Waals surface area contributed by atoms with E-state index in [9.17, 15) is 14.4 Å². The van der Waals surface area contributed by atoms with Crippen molar-refractivity contribution in [3.63, 3.8) is 0 Å². The molecule has 0 saturated carbocycles. The van der Waals surface area contributed by atoms with Gasteiger partial charge >= 0.3 is 0 Å². The van der Waals surface area contributed by atoms with Gasteiger partial charge in [0.15, 0.2) is 0 Å². The van der Waals surface area contributed by atoms with Crippen LogP contribution in [-0.2, 0) is 16.1 Å². The van der Waals surface area contributed by atoms with Gasteiger partial charge in [0.05, 0.1) is 7.11 Å². The highest BCUT2D eigenvalue weighted by molar-refractivity contribution is 7.99. The molecule has 0 spiro atoms. The lowest BCUT2D eigenvalue weighted by Crippen LogP contribution is -2.52. The molecule has 2 heterocycles. The highest BCUT2D eigenvalue weighted by Crippen LogP contribution is 2.48. The minimum atomic E-state index is -0.708. The van der Waals surface area contributed by atoms with E-state index >= 15 is 0 Å². The number of methoxy groups -OCH3 is 1. The molecule has 30 heavy (non-hydrogen) atoms. The predicted octanol–water partition coefficient (Wildman–Crippen LogP) is 2.09. The molecule has 3 amide bonds. The number of carbonyl (C=O) groups is 3. The normalized spacial score (nSPS) is 20.3. The molecule has 2 N–H and O–H groups in total. The van der Waals surface area contributed by atoms with Crippen molar-refractivity contribution in [2.45, 2.75) is 30.9 Å². The molecule has 2 aromatic rings. The first-order valence-electron chi connectivity index (χ1n) is 9.74. The lowest BCUT2D eigenvalue weighted by molar-refractivity contribution is -0.130. The highest BCUT2D eigenvalue weighted by Gasteiger charge is 2.48. The van der Waals surface area contributed by atoms with Crippen molar-refractivity contribution >= 4 is 29.5 Å². The number of fused-ring (bicyclic) bond motifs is 3. The second-order valence-corrected chi connectivity index (χ2v) is 8.41. The molecule has 1 fully saturated rings. The number of nitrogens with zero attached hydrogens (tertiary/aromatic N) is 1. The van der Waals surface area contributed by atoms with Crippen molar-refractivity contribution in [1.82, 2.24) is 15.5 Å². The monoisotopic (exact) mass is 425 g/mol. The van der Waals surface area contributed by atoms with E-state index in [4.69, 9.17) is 4.74 Å². The first-order chi connectivity index (χ1) is 14.5. The third-order valence-electron chi connectivity index (χ3n) is 5.37. The molecule has 2 aromatic carbocycles. The Kier molecular flexibility index (Phi) is 5.67. The van der Waals surface area contributed by atoms with E-state index in [1.807, 2.05) is 42.5 Å². The highest BCUT2D eigenvalue weighted by atomic mass is 32.2. The summed E-state index contributed by atoms with van der Waals surface area (Å²) in [5.41, 5.74) is 2.53. The zero-order valence-corrected chi connectivity index (χ0v) is 17.6. The van der Waals surface area contributed by atoms with Gasteiger partial charge in [0, 0.05) is 17.9 Å². The fourth-order valence-corrected chi connectivity index (χ4v) is 5.17. The number of thioether (sulfide) groups is 1. The van der Waals surface area contributed by atoms with Gasteiger partial charge in [-0.25, -0.2) is 0 Å². The topological polar surface area (TPSA) is 87.7 Å². The number of rotatable bonds is 6. The molecule has 2 aliphatic heterocycles. The number of benzene rings is 2. The zero-order chi connectivity index (χ0) is 21.3. The van der Waals surface area contributed by atoms with Crippen molar-refractivity contribution in [3.8, 4) is 5.75 Å². The maximum atomic E-state index is 12.8. The maximum Gasteiger partial charge on any atom is 0.256 e. The summed E-state index contributed by atoms with van der Waals surface area (Å²) in [4.78, 5) is 39.6. The van der Waals surface area contributed by atoms with Gasteiger partial charge in [-0.15, -0.1) is 11.8 Å². The average Bonchev–Trinajstić information content (AvgIpc) is 3.32. The van der Waals surface area contributed by atoms with Crippen LogP contribution in [0.3, 0.4) is 0 Å². The van der Waals surface area contributed by atoms with E-state index in [0.717, 1.165) is 16.9 Å². The van der Waals surface area contributed by atoms with E-state index in [1.54, 1.807) is 36.8 Å². The van der Waals surface area contributed by atoms with Gasteiger partial charge in [-0.2, -0.15) is 0 Å². The van der Waals surface area contributed by atoms with Gasteiger partial charge in [-0.3, -0.25) is 14.4 Å². The molecule has 8 heteroatoms. The van der Waals surface area contributed by atoms with E-state index in [0.29, 0.717) is 17.9 Å². The molecule has 0 radical (unpaired) electrons. The molecule has 1 saturated heterocycles. The summed E-state index contributed by atoms with van der Waals surface area (Å²) in [5, 5.41) is 5.44. The standard InChI is InChI=1S/C22H23N3O4S/c1-13(19(26)23-11-14-7-9-15(29-2)10-8-14)24-20(27)18-12-30-22-17-6-4-3-5-16(17)21(28)25(18)22/h3-10,13,18,22H,11-12H2,1-2H3,(H,23,26)(H,24,27). The smallest absolute Gasteiger partial charge is 0.256 e. The summed E-state index contributed by atoms with van der Waals surface area (Å²) in [6.07, 6.45) is 0. The Morgan fingerprint density at radius 2 is 1.93 bits per heavy atom. The third-order valence-corrected chi connectivity index (χ3v) is 6.68. The van der Waals surface area contributed by atoms with Crippen LogP contribution in [0, 0.1) is 0 Å². The second-order valence-electron chi connectivity index (χ2n) is 7.30. The van der Waals surface area contributed by atoms with E-state index in [-0.39, 0.29) is 23.1 Å². The van der Waals surface area contributed by atoms with Crippen molar-refractivity contribution in [2.24, 2.45) is 0 Å². The van der Waals surface area contributed by atoms with Crippen molar-refractivity contribution in [2.75, 3.05) is 12.9 Å². The van der Waals surface area contributed by atoms with Crippen LogP contribution in [0.25, 0.3) is 0 Å². The fourth-order valence-electron chi connectivity index (χ4n) is 3.70. The molecule has 0 bridgehead atoms. The molecular weight excluding hydrogens is 402 g/mol. The van der Waals surface area contributed by atoms with Gasteiger partial charge in [-0.1, -0.05) is 30.3 Å². The first kappa shape index (κ1) is 20.3. The average molecular weight is 426 g/mol. The molecule has 2 aliphatic rings. The van der Waals surface area contributed by atoms with Crippen molar-refractivity contribution < 1.29 is 19.1 Å². The van der Waals surface area contributed by atoms with Gasteiger partial charge in [0.2, 0.25) is 11.8 Å². The van der Waals surface area contributed by atoms with Crippen LogP contribution in [-0.4, -0.2) is 47.6 Å². The number of hydrogen-bond donors (Lipinski definition) is 2. The minimum absolute atomic E-state index is 0.127. The predicted molar refractivity (Wildman–Crippen MR) is 114 cm³/mol. The molecule has 4 rings (SSSR count). The Morgan fingerprint density at radius 1 is 1.20 bits per heavy atom. The lowest BCUT2D eigenvalue weighted by atomic mass is 10.1. The Morgan fingerprint density at radius 3 is 2.67 bits per heavy atom. The zero-order valence-electron chi connectivity index (χ0n) is 16.8. The van der Waals surface area contributed by atoms with Crippen LogP contribution in [0.1, 0.15) is 33.8 Å². The Hall–Kier alpha value is -3.00. The fraction of sp³-hybridized carbons (Fsp3) is 0.318. The van der Waals surface area contributed by atoms with Gasteiger partial charge in [-0.05, 0) is 36.2 Å². The van der Waals surface area contributed by atoms with E-state index < -0.39 is 12.1 Å². The van der Waals surface area contributed by atoms with E-state index in [1.165, 1.54) is 0 Å². The van der Waals surface area contributed by atoms with Crippen molar-refractivity contribution in [3.05, 3.63) is 65.2 Å². The number of carbonyl (C=O) groups excluding carboxylic acids is 3. The molecule has 0 aliphatic carbocycles. The number of nitrogens with one attached hydrogen (secondary N) is 2. The summed E-state index contributed by atoms with van der Waals surface area (Å²) in [6.45, 7) is 1.99. The number of amides is 3. The SMILES string of the molecule is COc1ccc(CNC(=O)C(C)NC(=O)C2CSC3c4ccccc4C(=O)N23)cc1. The Balaban J connectivity index is 1.33. The summed E-state index contributed by atoms with van der Waals surface area (Å²) in [7, 11) is 1.60. The molecule has 3 unspecified atom stereocenters. The summed E-state index contributed by atoms with van der Waals surface area (Å²) in [6, 6.07) is 13.5. The summed E-state index contributed by atoms with van der Waals surface area (Å²) >= 11 is 1.58. The lowest BCUT2D eigenvalue weighted by Gasteiger charge is -2.24. The number of ether oxygens (including phenoxy) is 1. The molecular formula is C22H23N3O4S. The molecule has 156 valence electrons. The van der Waals surface area contributed by atoms with Gasteiger partial charge in [0.1, 0.15) is 23.2 Å². The van der Waals surface area contributed by atoms with Crippen molar-refractivity contribution in [1.29, 1.82) is 0 Å². The summed E-state index contributed by atoms with van der Waals surface area (Å²) < 4.78 is 5.12. The Labute approximate surface area is 179 Å². The molecule has 7 nitrogen and oxygen atoms in total. The minimum Gasteiger partial charge on any atom is -0.497 e. The first-order valence-corrected chi connectivity index (χ1v) is 10.8. The quantitative estimate of drug-likeness (QED) is 0.740. The third kappa shape index (κ3) is 3.75. The molecule has 3 atom stereocenters. The largest absolute Gasteiger partial charge is 0.497 e. The van der Waals surface area contributed by atoms with Gasteiger partial charge < -0.3 is 20.3 Å². The van der Waals surface area contributed by atoms with Crippen LogP contribution in [0.5, 0.6) is 5.75 Å². The van der Waals surface area contributed by atoms with E-state index in [2.05, 4.69) is 10.6 Å². The summed E-state index contributed by atoms with van der Waals surface area (Å²) in [5.74, 6) is 0.543. The Bertz CT molecular complexity index is 979. The molecule has 0 aromatic heterocycles. The maximum absolute atomic E-state index is 12.8. The number of hydrogen-bond acceptors (Lipinski definition) is 5. The van der Waals surface area contributed by atoms with Gasteiger partial charge in [0.25, 0.3) is 5.91 Å². The second kappa shape index (κ2) is 8.39. The van der Waals surface area contributed by atoms with Crippen LogP contribution in [0.15, 0.2) is 48.5 Å². The van der Waals surface area contributed by atoms with Crippen LogP contribution in [0.2, 0.25) is 0 Å².